The van der Waals surface area contributed by atoms with Crippen molar-refractivity contribution in [1.29, 1.82) is 0 Å². The molecule has 1 saturated heterocycles. The minimum atomic E-state index is -1.39. The van der Waals surface area contributed by atoms with Gasteiger partial charge >= 0.3 is 18.0 Å². The van der Waals surface area contributed by atoms with E-state index in [0.717, 1.165) is 0 Å². The van der Waals surface area contributed by atoms with Gasteiger partial charge in [-0.05, 0) is 61.8 Å². The van der Waals surface area contributed by atoms with Crippen LogP contribution in [0.2, 0.25) is 0 Å². The number of aliphatic carboxylic acids is 1. The van der Waals surface area contributed by atoms with Crippen molar-refractivity contribution in [1.82, 2.24) is 36.8 Å². The molecule has 59 heavy (non-hydrogen) atoms. The number of thiol groups is 1. The molecule has 1 heterocycles. The summed E-state index contributed by atoms with van der Waals surface area (Å²) in [6, 6.07) is 5.57. The molecule has 2 aromatic rings. The minimum absolute atomic E-state index is 0.00137. The SMILES string of the molecule is NC(=O)NCCC[C@H](NC(=O)[C@H](CCCNC(N)=O)NC(=O)[C@@H](N)CS)C(=O)N[C@@H](Cc1ccc(O)cc1)C(=O)N[C@@H](Cc1ccccc1)C(=O)N1CCC[C@H]1C(=O)O. The molecule has 1 aliphatic heterocycles. The summed E-state index contributed by atoms with van der Waals surface area (Å²) in [5, 5.41) is 35.0. The fraction of sp³-hybridized carbons (Fsp3) is 0.474. The summed E-state index contributed by atoms with van der Waals surface area (Å²) in [4.78, 5) is 105. The zero-order valence-corrected chi connectivity index (χ0v) is 33.3. The second kappa shape index (κ2) is 24.0. The number of rotatable bonds is 23. The molecule has 21 heteroatoms. The van der Waals surface area contributed by atoms with E-state index in [2.05, 4.69) is 44.5 Å². The second-order valence-corrected chi connectivity index (χ2v) is 14.4. The Labute approximate surface area is 346 Å². The molecule has 6 atom stereocenters. The quantitative estimate of drug-likeness (QED) is 0.0444. The monoisotopic (exact) mass is 842 g/mol. The van der Waals surface area contributed by atoms with Gasteiger partial charge in [-0.3, -0.25) is 24.0 Å². The molecule has 0 unspecified atom stereocenters. The Morgan fingerprint density at radius 2 is 1.17 bits per heavy atom. The summed E-state index contributed by atoms with van der Waals surface area (Å²) in [7, 11) is 0. The lowest BCUT2D eigenvalue weighted by atomic mass is 10.0. The number of carbonyl (C=O) groups excluding carboxylic acids is 7. The molecule has 0 spiro atoms. The van der Waals surface area contributed by atoms with Crippen molar-refractivity contribution in [2.45, 2.75) is 87.6 Å². The first-order valence-corrected chi connectivity index (χ1v) is 19.7. The van der Waals surface area contributed by atoms with E-state index < -0.39 is 83.8 Å². The van der Waals surface area contributed by atoms with Crippen LogP contribution in [-0.4, -0.2) is 124 Å². The van der Waals surface area contributed by atoms with E-state index in [-0.39, 0.29) is 76.1 Å². The maximum absolute atomic E-state index is 14.3. The van der Waals surface area contributed by atoms with Gasteiger partial charge in [0.1, 0.15) is 36.0 Å². The number of carboxylic acids is 1. The molecule has 1 fully saturated rings. The van der Waals surface area contributed by atoms with Gasteiger partial charge < -0.3 is 64.2 Å². The maximum atomic E-state index is 14.3. The highest BCUT2D eigenvalue weighted by Gasteiger charge is 2.39. The normalized spacial score (nSPS) is 16.0. The Morgan fingerprint density at radius 3 is 1.69 bits per heavy atom. The van der Waals surface area contributed by atoms with Crippen molar-refractivity contribution in [3.8, 4) is 5.75 Å². The number of nitrogens with one attached hydrogen (secondary N) is 6. The lowest BCUT2D eigenvalue weighted by Gasteiger charge is -2.29. The Bertz CT molecular complexity index is 1770. The van der Waals surface area contributed by atoms with Gasteiger partial charge in [0.25, 0.3) is 0 Å². The molecule has 322 valence electrons. The predicted octanol–water partition coefficient (Wildman–Crippen LogP) is -1.65. The summed E-state index contributed by atoms with van der Waals surface area (Å²) in [5.41, 5.74) is 17.3. The highest BCUT2D eigenvalue weighted by Crippen LogP contribution is 2.20. The fourth-order valence-electron chi connectivity index (χ4n) is 6.37. The third kappa shape index (κ3) is 16.0. The van der Waals surface area contributed by atoms with Crippen LogP contribution < -0.4 is 49.1 Å². The van der Waals surface area contributed by atoms with Gasteiger partial charge in [0.15, 0.2) is 0 Å². The van der Waals surface area contributed by atoms with Gasteiger partial charge in [0, 0.05) is 38.2 Å². The molecule has 0 bridgehead atoms. The maximum Gasteiger partial charge on any atom is 0.326 e. The third-order valence-electron chi connectivity index (χ3n) is 9.46. The first kappa shape index (κ1) is 47.3. The van der Waals surface area contributed by atoms with Crippen molar-refractivity contribution >= 4 is 60.2 Å². The van der Waals surface area contributed by atoms with E-state index in [9.17, 15) is 48.6 Å². The van der Waals surface area contributed by atoms with Crippen LogP contribution in [0.5, 0.6) is 5.75 Å². The van der Waals surface area contributed by atoms with E-state index in [1.807, 2.05) is 0 Å². The van der Waals surface area contributed by atoms with Crippen LogP contribution >= 0.6 is 12.6 Å². The number of hydrogen-bond donors (Lipinski definition) is 12. The smallest absolute Gasteiger partial charge is 0.326 e. The molecule has 20 nitrogen and oxygen atoms in total. The van der Waals surface area contributed by atoms with Gasteiger partial charge in [-0.1, -0.05) is 42.5 Å². The molecular weight excluding hydrogens is 789 g/mol. The summed E-state index contributed by atoms with van der Waals surface area (Å²) in [6.07, 6.45) is 0.733. The van der Waals surface area contributed by atoms with Gasteiger partial charge in [0.2, 0.25) is 29.5 Å². The van der Waals surface area contributed by atoms with E-state index >= 15 is 0 Å². The number of aromatic hydroxyl groups is 1. The Kier molecular flexibility index (Phi) is 19.2. The van der Waals surface area contributed by atoms with Crippen LogP contribution in [-0.2, 0) is 41.6 Å². The number of benzene rings is 2. The summed E-state index contributed by atoms with van der Waals surface area (Å²) >= 11 is 4.03. The number of phenols is 1. The molecule has 1 aliphatic rings. The summed E-state index contributed by atoms with van der Waals surface area (Å²) in [6.45, 7) is 0.242. The van der Waals surface area contributed by atoms with Crippen LogP contribution in [0, 0.1) is 0 Å². The summed E-state index contributed by atoms with van der Waals surface area (Å²) < 4.78 is 0. The highest BCUT2D eigenvalue weighted by molar-refractivity contribution is 7.80. The Balaban J connectivity index is 1.94. The topological polar surface area (TPSA) is 330 Å². The predicted molar refractivity (Wildman–Crippen MR) is 218 cm³/mol. The van der Waals surface area contributed by atoms with Crippen LogP contribution in [0.15, 0.2) is 54.6 Å². The van der Waals surface area contributed by atoms with E-state index in [1.165, 1.54) is 29.2 Å². The zero-order valence-electron chi connectivity index (χ0n) is 32.4. The van der Waals surface area contributed by atoms with E-state index in [0.29, 0.717) is 17.5 Å². The number of phenolic OH excluding ortho intramolecular Hbond substituents is 1. The third-order valence-corrected chi connectivity index (χ3v) is 9.86. The number of nitrogens with two attached hydrogens (primary N) is 3. The van der Waals surface area contributed by atoms with Crippen molar-refractivity contribution in [2.75, 3.05) is 25.4 Å². The van der Waals surface area contributed by atoms with Crippen LogP contribution in [0.25, 0.3) is 0 Å². The molecule has 0 aliphatic carbocycles. The zero-order chi connectivity index (χ0) is 43.5. The lowest BCUT2D eigenvalue weighted by molar-refractivity contribution is -0.149. The van der Waals surface area contributed by atoms with Crippen LogP contribution in [0.3, 0.4) is 0 Å². The summed E-state index contributed by atoms with van der Waals surface area (Å²) in [5.74, 6) is -5.05. The van der Waals surface area contributed by atoms with Crippen molar-refractivity contribution in [3.63, 3.8) is 0 Å². The first-order valence-electron chi connectivity index (χ1n) is 19.1. The number of nitrogens with zero attached hydrogens (tertiary/aromatic N) is 1. The van der Waals surface area contributed by atoms with Gasteiger partial charge in [-0.15, -0.1) is 0 Å². The Hall–Kier alpha value is -6.09. The highest BCUT2D eigenvalue weighted by atomic mass is 32.1. The molecule has 0 aromatic heterocycles. The molecular formula is C38H54N10O10S. The van der Waals surface area contributed by atoms with E-state index in [1.54, 1.807) is 30.3 Å². The average Bonchev–Trinajstić information content (AvgIpc) is 3.70. The average molecular weight is 843 g/mol. The van der Waals surface area contributed by atoms with Gasteiger partial charge in [-0.2, -0.15) is 12.6 Å². The number of amides is 9. The lowest BCUT2D eigenvalue weighted by Crippen LogP contribution is -2.60. The van der Waals surface area contributed by atoms with Crippen molar-refractivity contribution in [2.24, 2.45) is 17.2 Å². The number of hydrogen-bond acceptors (Lipinski definition) is 11. The molecule has 2 aromatic carbocycles. The molecule has 14 N–H and O–H groups in total. The largest absolute Gasteiger partial charge is 0.508 e. The minimum Gasteiger partial charge on any atom is -0.508 e. The van der Waals surface area contributed by atoms with Crippen molar-refractivity contribution in [3.05, 3.63) is 65.7 Å². The number of likely N-dealkylation sites (tertiary alicyclic amines) is 1. The molecule has 0 saturated carbocycles. The Morgan fingerprint density at radius 1 is 0.695 bits per heavy atom. The van der Waals surface area contributed by atoms with Gasteiger partial charge in [-0.25, -0.2) is 14.4 Å². The standard InChI is InChI=1S/C38H54N10O10S/c39-25(21-59)31(50)44-26(9-4-16-42-37(40)57)32(51)45-27(10-5-17-43-38(41)58)33(52)46-28(19-23-12-14-24(49)15-13-23)34(53)47-29(20-22-7-2-1-3-8-22)35(54)48-18-6-11-30(48)36(55)56/h1-3,7-8,12-15,25-30,49,59H,4-6,9-11,16-21,39H2,(H,44,50)(H,45,51)(H,46,52)(H,47,53)(H,55,56)(H3,40,42,57)(H3,41,43,58)/t25-,26-,27-,28-,29-,30-/m0/s1. The second-order valence-electron chi connectivity index (χ2n) is 14.0. The first-order chi connectivity index (χ1) is 28.1. The number of carbonyl (C=O) groups is 8. The van der Waals surface area contributed by atoms with Gasteiger partial charge in [0.05, 0.1) is 6.04 Å². The van der Waals surface area contributed by atoms with Crippen molar-refractivity contribution < 1.29 is 48.6 Å². The number of primary amides is 2. The number of urea groups is 2. The molecule has 3 rings (SSSR count). The van der Waals surface area contributed by atoms with Crippen LogP contribution in [0.4, 0.5) is 9.59 Å². The fourth-order valence-corrected chi connectivity index (χ4v) is 6.53. The molecule has 9 amide bonds. The molecule has 0 radical (unpaired) electrons. The van der Waals surface area contributed by atoms with Crippen LogP contribution in [0.1, 0.15) is 49.7 Å². The number of carboxylic acid groups (broad SMARTS) is 1. The van der Waals surface area contributed by atoms with E-state index in [4.69, 9.17) is 17.2 Å².